The van der Waals surface area contributed by atoms with E-state index in [1.165, 1.54) is 0 Å². The fourth-order valence-electron chi connectivity index (χ4n) is 2.51. The molecule has 0 saturated carbocycles. The maximum absolute atomic E-state index is 12.5. The van der Waals surface area contributed by atoms with Crippen LogP contribution in [0.3, 0.4) is 0 Å². The lowest BCUT2D eigenvalue weighted by molar-refractivity contribution is -0.210. The molecule has 0 radical (unpaired) electrons. The van der Waals surface area contributed by atoms with Crippen molar-refractivity contribution in [3.63, 3.8) is 0 Å². The van der Waals surface area contributed by atoms with Gasteiger partial charge >= 0.3 is 6.18 Å². The summed E-state index contributed by atoms with van der Waals surface area (Å²) in [4.78, 5) is 1.77. The highest BCUT2D eigenvalue weighted by Gasteiger charge is 2.46. The predicted molar refractivity (Wildman–Crippen MR) is 69.1 cm³/mol. The molecule has 20 heavy (non-hydrogen) atoms. The molecule has 0 unspecified atom stereocenters. The third-order valence-corrected chi connectivity index (χ3v) is 3.68. The average Bonchev–Trinajstić information content (AvgIpc) is 2.32. The van der Waals surface area contributed by atoms with Crippen molar-refractivity contribution >= 4 is 0 Å². The van der Waals surface area contributed by atoms with Crippen LogP contribution < -0.4 is 9.47 Å². The van der Waals surface area contributed by atoms with Crippen LogP contribution in [-0.4, -0.2) is 38.4 Å². The molecule has 2 rings (SSSR count). The first kappa shape index (κ1) is 15.0. The Bertz CT molecular complexity index is 482. The minimum absolute atomic E-state index is 0.0533. The zero-order chi connectivity index (χ0) is 14.9. The van der Waals surface area contributed by atoms with Gasteiger partial charge in [0, 0.05) is 30.8 Å². The van der Waals surface area contributed by atoms with Gasteiger partial charge in [-0.1, -0.05) is 6.07 Å². The lowest BCUT2D eigenvalue weighted by Gasteiger charge is -2.40. The number of hydrogen-bond donors (Lipinski definition) is 0. The summed E-state index contributed by atoms with van der Waals surface area (Å²) in [6, 6.07) is 3.65. The Morgan fingerprint density at radius 3 is 2.35 bits per heavy atom. The van der Waals surface area contributed by atoms with E-state index >= 15 is 0 Å². The van der Waals surface area contributed by atoms with Gasteiger partial charge in [-0.25, -0.2) is 0 Å². The van der Waals surface area contributed by atoms with Crippen LogP contribution in [0.25, 0.3) is 0 Å². The highest BCUT2D eigenvalue weighted by molar-refractivity contribution is 5.49. The quantitative estimate of drug-likeness (QED) is 0.850. The van der Waals surface area contributed by atoms with E-state index < -0.39 is 12.1 Å². The van der Waals surface area contributed by atoms with E-state index in [-0.39, 0.29) is 13.1 Å². The largest absolute Gasteiger partial charge is 0.496 e. The molecule has 0 amide bonds. The Hall–Kier alpha value is -1.43. The van der Waals surface area contributed by atoms with Crippen LogP contribution in [0.15, 0.2) is 12.1 Å². The number of halogens is 3. The van der Waals surface area contributed by atoms with Crippen LogP contribution >= 0.6 is 0 Å². The Labute approximate surface area is 116 Å². The summed E-state index contributed by atoms with van der Waals surface area (Å²) in [6.07, 6.45) is -4.09. The predicted octanol–water partition coefficient (Wildman–Crippen LogP) is 3.01. The van der Waals surface area contributed by atoms with Crippen LogP contribution in [0.1, 0.15) is 11.1 Å². The number of hydrogen-bond acceptors (Lipinski definition) is 3. The van der Waals surface area contributed by atoms with Gasteiger partial charge < -0.3 is 9.47 Å². The minimum Gasteiger partial charge on any atom is -0.496 e. The molecule has 1 heterocycles. The van der Waals surface area contributed by atoms with Gasteiger partial charge in [-0.3, -0.25) is 4.90 Å². The topological polar surface area (TPSA) is 21.7 Å². The van der Waals surface area contributed by atoms with Gasteiger partial charge in [-0.2, -0.15) is 13.2 Å². The third-order valence-electron chi connectivity index (χ3n) is 3.68. The molecular formula is C14H18F3NO2. The number of alkyl halides is 3. The van der Waals surface area contributed by atoms with Gasteiger partial charge in [-0.05, 0) is 13.0 Å². The van der Waals surface area contributed by atoms with Crippen LogP contribution in [0.2, 0.25) is 0 Å². The van der Waals surface area contributed by atoms with Crippen molar-refractivity contribution in [2.75, 3.05) is 27.3 Å². The molecule has 6 heteroatoms. The van der Waals surface area contributed by atoms with Crippen molar-refractivity contribution in [1.82, 2.24) is 4.90 Å². The Morgan fingerprint density at radius 1 is 1.20 bits per heavy atom. The van der Waals surface area contributed by atoms with Crippen molar-refractivity contribution in [3.05, 3.63) is 23.3 Å². The number of nitrogens with zero attached hydrogens (tertiary/aromatic N) is 1. The number of rotatable bonds is 4. The maximum Gasteiger partial charge on any atom is 0.394 e. The Kier molecular flexibility index (Phi) is 4.13. The first-order valence-electron chi connectivity index (χ1n) is 6.36. The van der Waals surface area contributed by atoms with Gasteiger partial charge in [0.05, 0.1) is 20.1 Å². The van der Waals surface area contributed by atoms with Crippen molar-refractivity contribution in [3.8, 4) is 11.5 Å². The van der Waals surface area contributed by atoms with Gasteiger partial charge in [-0.15, -0.1) is 0 Å². The van der Waals surface area contributed by atoms with Crippen LogP contribution in [0.5, 0.6) is 11.5 Å². The van der Waals surface area contributed by atoms with E-state index in [0.29, 0.717) is 18.0 Å². The second-order valence-corrected chi connectivity index (χ2v) is 5.02. The van der Waals surface area contributed by atoms with Crippen molar-refractivity contribution in [2.24, 2.45) is 5.92 Å². The fraction of sp³-hybridized carbons (Fsp3) is 0.571. The molecule has 0 bridgehead atoms. The van der Waals surface area contributed by atoms with Crippen molar-refractivity contribution < 1.29 is 22.6 Å². The van der Waals surface area contributed by atoms with E-state index in [2.05, 4.69) is 0 Å². The molecule has 0 atom stereocenters. The first-order chi connectivity index (χ1) is 9.36. The van der Waals surface area contributed by atoms with Crippen LogP contribution in [-0.2, 0) is 6.54 Å². The van der Waals surface area contributed by atoms with E-state index in [1.807, 2.05) is 19.1 Å². The molecule has 0 N–H and O–H groups in total. The van der Waals surface area contributed by atoms with Gasteiger partial charge in [0.25, 0.3) is 0 Å². The maximum atomic E-state index is 12.5. The lowest BCUT2D eigenvalue weighted by atomic mass is 9.98. The van der Waals surface area contributed by atoms with E-state index in [1.54, 1.807) is 19.1 Å². The summed E-state index contributed by atoms with van der Waals surface area (Å²) in [7, 11) is 3.13. The zero-order valence-electron chi connectivity index (χ0n) is 11.8. The molecule has 1 fully saturated rings. The molecule has 112 valence electrons. The molecule has 3 nitrogen and oxygen atoms in total. The molecule has 1 aliphatic rings. The van der Waals surface area contributed by atoms with E-state index in [9.17, 15) is 13.2 Å². The summed E-state index contributed by atoms with van der Waals surface area (Å²) in [6.45, 7) is 2.44. The normalized spacial score (nSPS) is 16.9. The van der Waals surface area contributed by atoms with E-state index in [4.69, 9.17) is 9.47 Å². The summed E-state index contributed by atoms with van der Waals surface area (Å²) in [5.41, 5.74) is 1.74. The molecular weight excluding hydrogens is 271 g/mol. The van der Waals surface area contributed by atoms with Crippen LogP contribution in [0, 0.1) is 12.8 Å². The molecule has 0 spiro atoms. The molecule has 1 aromatic rings. The van der Waals surface area contributed by atoms with Crippen LogP contribution in [0.4, 0.5) is 13.2 Å². The van der Waals surface area contributed by atoms with Gasteiger partial charge in [0.1, 0.15) is 11.5 Å². The van der Waals surface area contributed by atoms with Gasteiger partial charge in [0.2, 0.25) is 0 Å². The third kappa shape index (κ3) is 2.85. The minimum atomic E-state index is -4.09. The van der Waals surface area contributed by atoms with E-state index in [0.717, 1.165) is 11.1 Å². The lowest BCUT2D eigenvalue weighted by Crippen LogP contribution is -2.52. The SMILES string of the molecule is COc1ccc(CN2CC(C(F)(F)F)C2)c(OC)c1C. The fourth-order valence-corrected chi connectivity index (χ4v) is 2.51. The second kappa shape index (κ2) is 5.52. The zero-order valence-corrected chi connectivity index (χ0v) is 11.8. The Morgan fingerprint density at radius 2 is 1.85 bits per heavy atom. The molecule has 1 saturated heterocycles. The standard InChI is InChI=1S/C14H18F3NO2/c1-9-12(19-2)5-4-10(13(9)20-3)6-18-7-11(8-18)14(15,16)17/h4-5,11H,6-8H2,1-3H3. The van der Waals surface area contributed by atoms with Gasteiger partial charge in [0.15, 0.2) is 0 Å². The smallest absolute Gasteiger partial charge is 0.394 e. The number of likely N-dealkylation sites (tertiary alicyclic amines) is 1. The monoisotopic (exact) mass is 289 g/mol. The van der Waals surface area contributed by atoms with Crippen molar-refractivity contribution in [2.45, 2.75) is 19.6 Å². The molecule has 1 aromatic carbocycles. The Balaban J connectivity index is 2.06. The summed E-state index contributed by atoms with van der Waals surface area (Å²) < 4.78 is 47.9. The summed E-state index contributed by atoms with van der Waals surface area (Å²) in [5, 5.41) is 0. The highest BCUT2D eigenvalue weighted by atomic mass is 19.4. The van der Waals surface area contributed by atoms with Crippen molar-refractivity contribution in [1.29, 1.82) is 0 Å². The summed E-state index contributed by atoms with van der Waals surface area (Å²) in [5.74, 6) is 0.190. The summed E-state index contributed by atoms with van der Waals surface area (Å²) >= 11 is 0. The highest BCUT2D eigenvalue weighted by Crippen LogP contribution is 2.37. The number of methoxy groups -OCH3 is 2. The number of benzene rings is 1. The second-order valence-electron chi connectivity index (χ2n) is 5.02. The molecule has 0 aromatic heterocycles. The number of ether oxygens (including phenoxy) is 2. The molecule has 1 aliphatic heterocycles. The first-order valence-corrected chi connectivity index (χ1v) is 6.36. The molecule has 0 aliphatic carbocycles. The average molecular weight is 289 g/mol.